The van der Waals surface area contributed by atoms with Gasteiger partial charge in [0.15, 0.2) is 4.80 Å². The molecule has 0 bridgehead atoms. The van der Waals surface area contributed by atoms with E-state index < -0.39 is 17.8 Å². The van der Waals surface area contributed by atoms with Crippen LogP contribution in [-0.2, 0) is 9.53 Å². The van der Waals surface area contributed by atoms with Gasteiger partial charge >= 0.3 is 5.97 Å². The Bertz CT molecular complexity index is 1760. The molecule has 1 aliphatic heterocycles. The fourth-order valence-corrected chi connectivity index (χ4v) is 5.34. The van der Waals surface area contributed by atoms with Crippen molar-refractivity contribution in [3.05, 3.63) is 127 Å². The van der Waals surface area contributed by atoms with Crippen LogP contribution in [-0.4, -0.2) is 23.8 Å². The Labute approximate surface area is 228 Å². The van der Waals surface area contributed by atoms with Gasteiger partial charge in [0.25, 0.3) is 5.56 Å². The van der Waals surface area contributed by atoms with Crippen LogP contribution >= 0.6 is 11.3 Å². The van der Waals surface area contributed by atoms with E-state index in [1.54, 1.807) is 37.3 Å². The zero-order valence-corrected chi connectivity index (χ0v) is 21.8. The minimum atomic E-state index is -0.863. The first-order chi connectivity index (χ1) is 19.0. The third-order valence-corrected chi connectivity index (χ3v) is 7.04. The monoisotopic (exact) mass is 538 g/mol. The predicted octanol–water partition coefficient (Wildman–Crippen LogP) is 4.09. The van der Waals surface area contributed by atoms with Gasteiger partial charge in [0.2, 0.25) is 0 Å². The fourth-order valence-electron chi connectivity index (χ4n) is 4.34. The van der Waals surface area contributed by atoms with Crippen molar-refractivity contribution in [2.24, 2.45) is 4.99 Å². The average Bonchev–Trinajstić information content (AvgIpc) is 3.27. The van der Waals surface area contributed by atoms with E-state index >= 15 is 0 Å². The number of hydrogen-bond donors (Lipinski definition) is 0. The lowest BCUT2D eigenvalue weighted by Crippen LogP contribution is -2.40. The molecule has 2 heterocycles. The van der Waals surface area contributed by atoms with Gasteiger partial charge in [-0.05, 0) is 48.4 Å². The summed E-state index contributed by atoms with van der Waals surface area (Å²) in [7, 11) is 0. The van der Waals surface area contributed by atoms with E-state index in [1.807, 2.05) is 42.5 Å². The topological polar surface area (TPSA) is 69.9 Å². The summed E-state index contributed by atoms with van der Waals surface area (Å²) in [5, 5.41) is 0. The predicted molar refractivity (Wildman–Crippen MR) is 148 cm³/mol. The molecule has 1 atom stereocenters. The lowest BCUT2D eigenvalue weighted by molar-refractivity contribution is -0.138. The standard InChI is InChI=1S/C31H23FN2O4S/c1-3-18-38-24-16-10-20(11-17-24)19-25-29(35)34-28(22-12-14-23(32)15-13-22)26(30(36)37-4-2)27(33-31(34)39-25)21-8-6-5-7-9-21/h1,5-17,19,28H,4,18H2,2H3/t28-/m1/s1. The van der Waals surface area contributed by atoms with Gasteiger partial charge in [0.1, 0.15) is 18.2 Å². The number of fused-ring (bicyclic) bond motifs is 1. The molecular weight excluding hydrogens is 515 g/mol. The summed E-state index contributed by atoms with van der Waals surface area (Å²) in [4.78, 5) is 32.4. The Balaban J connectivity index is 1.73. The summed E-state index contributed by atoms with van der Waals surface area (Å²) in [6, 6.07) is 21.3. The van der Waals surface area contributed by atoms with Gasteiger partial charge in [-0.2, -0.15) is 0 Å². The molecule has 0 saturated carbocycles. The first-order valence-corrected chi connectivity index (χ1v) is 13.0. The second-order valence-corrected chi connectivity index (χ2v) is 9.55. The number of thiazole rings is 1. The van der Waals surface area contributed by atoms with Gasteiger partial charge in [0.05, 0.1) is 28.5 Å². The number of carbonyl (C=O) groups is 1. The number of halogens is 1. The van der Waals surface area contributed by atoms with Crippen LogP contribution in [0.2, 0.25) is 0 Å². The van der Waals surface area contributed by atoms with Crippen LogP contribution in [0.5, 0.6) is 5.75 Å². The molecule has 4 aromatic rings. The number of esters is 1. The van der Waals surface area contributed by atoms with E-state index in [0.29, 0.717) is 31.9 Å². The Morgan fingerprint density at radius 1 is 1.10 bits per heavy atom. The number of ether oxygens (including phenoxy) is 2. The SMILES string of the molecule is C#CCOc1ccc(C=c2sc3n(c2=O)[C@H](c2ccc(F)cc2)C(C(=O)OCC)=C(c2ccccc2)N=3)cc1. The van der Waals surface area contributed by atoms with E-state index in [9.17, 15) is 14.0 Å². The molecular formula is C31H23FN2O4S. The molecule has 1 aliphatic rings. The third kappa shape index (κ3) is 5.31. The number of rotatable bonds is 7. The zero-order chi connectivity index (χ0) is 27.4. The molecule has 0 radical (unpaired) electrons. The van der Waals surface area contributed by atoms with Crippen LogP contribution in [0.3, 0.4) is 0 Å². The molecule has 0 fully saturated rings. The van der Waals surface area contributed by atoms with E-state index in [-0.39, 0.29) is 24.3 Å². The summed E-state index contributed by atoms with van der Waals surface area (Å²) >= 11 is 1.21. The van der Waals surface area contributed by atoms with Crippen LogP contribution < -0.4 is 19.6 Å². The van der Waals surface area contributed by atoms with Gasteiger partial charge < -0.3 is 9.47 Å². The molecule has 39 heavy (non-hydrogen) atoms. The molecule has 0 N–H and O–H groups in total. The largest absolute Gasteiger partial charge is 0.481 e. The first-order valence-electron chi connectivity index (χ1n) is 12.2. The highest BCUT2D eigenvalue weighted by molar-refractivity contribution is 7.07. The Hall–Kier alpha value is -4.74. The molecule has 6 nitrogen and oxygen atoms in total. The lowest BCUT2D eigenvalue weighted by atomic mass is 9.93. The highest BCUT2D eigenvalue weighted by Crippen LogP contribution is 2.35. The number of aromatic nitrogens is 1. The van der Waals surface area contributed by atoms with E-state index in [4.69, 9.17) is 20.9 Å². The van der Waals surface area contributed by atoms with E-state index in [1.165, 1.54) is 28.0 Å². The van der Waals surface area contributed by atoms with Crippen molar-refractivity contribution in [3.63, 3.8) is 0 Å². The smallest absolute Gasteiger partial charge is 0.338 e. The zero-order valence-electron chi connectivity index (χ0n) is 21.0. The molecule has 194 valence electrons. The molecule has 0 unspecified atom stereocenters. The van der Waals surface area contributed by atoms with Crippen LogP contribution in [0.1, 0.15) is 29.7 Å². The average molecular weight is 539 g/mol. The van der Waals surface area contributed by atoms with Crippen molar-refractivity contribution in [3.8, 4) is 18.1 Å². The van der Waals surface area contributed by atoms with Gasteiger partial charge in [-0.1, -0.05) is 71.9 Å². The third-order valence-electron chi connectivity index (χ3n) is 6.06. The van der Waals surface area contributed by atoms with Gasteiger partial charge in [0, 0.05) is 5.56 Å². The van der Waals surface area contributed by atoms with Crippen LogP contribution in [0.25, 0.3) is 11.8 Å². The Morgan fingerprint density at radius 3 is 2.49 bits per heavy atom. The minimum absolute atomic E-state index is 0.145. The number of terminal acetylenes is 1. The van der Waals surface area contributed by atoms with Crippen molar-refractivity contribution in [1.82, 2.24) is 4.57 Å². The lowest BCUT2D eigenvalue weighted by Gasteiger charge is -2.25. The summed E-state index contributed by atoms with van der Waals surface area (Å²) in [5.41, 5.74) is 2.34. The molecule has 0 aliphatic carbocycles. The van der Waals surface area contributed by atoms with Crippen LogP contribution in [0.15, 0.2) is 94.2 Å². The second kappa shape index (κ2) is 11.3. The summed E-state index contributed by atoms with van der Waals surface area (Å²) in [6.45, 7) is 2.02. The highest BCUT2D eigenvalue weighted by Gasteiger charge is 2.35. The minimum Gasteiger partial charge on any atom is -0.481 e. The molecule has 0 saturated heterocycles. The Morgan fingerprint density at radius 2 is 1.82 bits per heavy atom. The van der Waals surface area contributed by atoms with Crippen LogP contribution in [0, 0.1) is 18.2 Å². The molecule has 5 rings (SSSR count). The summed E-state index contributed by atoms with van der Waals surface area (Å²) in [5.74, 6) is 2.02. The molecule has 0 spiro atoms. The van der Waals surface area contributed by atoms with Gasteiger partial charge in [-0.25, -0.2) is 14.2 Å². The first kappa shape index (κ1) is 25.9. The van der Waals surface area contributed by atoms with E-state index in [2.05, 4.69) is 5.92 Å². The normalized spacial score (nSPS) is 14.8. The van der Waals surface area contributed by atoms with Crippen molar-refractivity contribution in [2.75, 3.05) is 13.2 Å². The van der Waals surface area contributed by atoms with Crippen LogP contribution in [0.4, 0.5) is 4.39 Å². The van der Waals surface area contributed by atoms with Crippen molar-refractivity contribution in [1.29, 1.82) is 0 Å². The van der Waals surface area contributed by atoms with Crippen molar-refractivity contribution < 1.29 is 18.7 Å². The number of hydrogen-bond acceptors (Lipinski definition) is 6. The summed E-state index contributed by atoms with van der Waals surface area (Å²) in [6.07, 6.45) is 7.01. The quantitative estimate of drug-likeness (QED) is 0.263. The molecule has 1 aromatic heterocycles. The Kier molecular flexibility index (Phi) is 7.53. The van der Waals surface area contributed by atoms with E-state index in [0.717, 1.165) is 5.56 Å². The summed E-state index contributed by atoms with van der Waals surface area (Å²) < 4.78 is 26.6. The molecule has 0 amide bonds. The maximum atomic E-state index is 13.9. The maximum absolute atomic E-state index is 13.9. The second-order valence-electron chi connectivity index (χ2n) is 8.54. The highest BCUT2D eigenvalue weighted by atomic mass is 32.1. The molecule has 3 aromatic carbocycles. The fraction of sp³-hybridized carbons (Fsp3) is 0.129. The van der Waals surface area contributed by atoms with Crippen molar-refractivity contribution in [2.45, 2.75) is 13.0 Å². The number of nitrogens with zero attached hydrogens (tertiary/aromatic N) is 2. The number of carbonyl (C=O) groups excluding carboxylic acids is 1. The number of benzene rings is 3. The van der Waals surface area contributed by atoms with Gasteiger partial charge in [-0.15, -0.1) is 6.42 Å². The van der Waals surface area contributed by atoms with Crippen molar-refractivity contribution >= 4 is 29.1 Å². The van der Waals surface area contributed by atoms with Gasteiger partial charge in [-0.3, -0.25) is 9.36 Å². The molecule has 8 heteroatoms. The maximum Gasteiger partial charge on any atom is 0.338 e.